The monoisotopic (exact) mass is 403 g/mol. The highest BCUT2D eigenvalue weighted by Gasteiger charge is 2.04. The molecule has 0 fully saturated rings. The van der Waals surface area contributed by atoms with Crippen molar-refractivity contribution in [2.24, 2.45) is 0 Å². The van der Waals surface area contributed by atoms with E-state index in [4.69, 9.17) is 4.74 Å². The van der Waals surface area contributed by atoms with Crippen molar-refractivity contribution in [3.63, 3.8) is 0 Å². The van der Waals surface area contributed by atoms with Crippen LogP contribution in [-0.4, -0.2) is 11.1 Å². The van der Waals surface area contributed by atoms with Crippen LogP contribution in [0.2, 0.25) is 0 Å². The van der Waals surface area contributed by atoms with Gasteiger partial charge in [0.25, 0.3) is 0 Å². The Hall–Kier alpha value is -1.51. The Morgan fingerprint density at radius 2 is 1.21 bits per heavy atom. The van der Waals surface area contributed by atoms with Crippen LogP contribution in [0.25, 0.3) is 0 Å². The first-order valence-corrected chi connectivity index (χ1v) is 12.0. The number of phenolic OH excluding ortho intramolecular Hbond substituents is 1. The minimum Gasteiger partial charge on any atom is -0.508 e. The van der Waals surface area contributed by atoms with Gasteiger partial charge in [-0.2, -0.15) is 0 Å². The molecule has 0 spiro atoms. The van der Waals surface area contributed by atoms with Crippen LogP contribution in [0.5, 0.6) is 5.75 Å². The second kappa shape index (κ2) is 18.5. The molecule has 0 heterocycles. The maximum Gasteiger partial charge on any atom is 0.306 e. The predicted octanol–water partition coefficient (Wildman–Crippen LogP) is 7.90. The van der Waals surface area contributed by atoms with Crippen molar-refractivity contribution in [3.05, 3.63) is 36.4 Å². The van der Waals surface area contributed by atoms with E-state index in [0.29, 0.717) is 12.8 Å². The van der Waals surface area contributed by atoms with E-state index in [0.717, 1.165) is 18.4 Å². The zero-order chi connectivity index (χ0) is 21.0. The van der Waals surface area contributed by atoms with Crippen molar-refractivity contribution in [1.82, 2.24) is 0 Å². The highest BCUT2D eigenvalue weighted by molar-refractivity contribution is 5.69. The molecule has 1 N–H and O–H groups in total. The van der Waals surface area contributed by atoms with Crippen molar-refractivity contribution in [3.8, 4) is 5.75 Å². The molecule has 3 nitrogen and oxygen atoms in total. The van der Waals surface area contributed by atoms with E-state index in [-0.39, 0.29) is 11.7 Å². The van der Waals surface area contributed by atoms with Gasteiger partial charge in [-0.25, -0.2) is 0 Å². The van der Waals surface area contributed by atoms with E-state index in [1.807, 2.05) is 12.1 Å². The van der Waals surface area contributed by atoms with Crippen molar-refractivity contribution in [1.29, 1.82) is 0 Å². The molecule has 1 rings (SSSR count). The van der Waals surface area contributed by atoms with E-state index in [9.17, 15) is 9.90 Å². The fourth-order valence-electron chi connectivity index (χ4n) is 3.56. The number of hydrogen-bond acceptors (Lipinski definition) is 3. The number of phenols is 1. The summed E-state index contributed by atoms with van der Waals surface area (Å²) in [5.41, 5.74) is 1.02. The number of ether oxygens (including phenoxy) is 1. The molecule has 0 unspecified atom stereocenters. The lowest BCUT2D eigenvalue weighted by molar-refractivity contribution is -0.140. The molecule has 0 aliphatic rings. The Morgan fingerprint density at radius 3 is 1.69 bits per heavy atom. The Balaban J connectivity index is 1.79. The van der Waals surface area contributed by atoms with E-state index in [1.54, 1.807) is 18.7 Å². The third-order valence-electron chi connectivity index (χ3n) is 5.45. The van der Waals surface area contributed by atoms with Gasteiger partial charge in [0.05, 0.1) is 0 Å². The van der Waals surface area contributed by atoms with Gasteiger partial charge in [0, 0.05) is 12.8 Å². The van der Waals surface area contributed by atoms with Crippen molar-refractivity contribution in [2.75, 3.05) is 0 Å². The largest absolute Gasteiger partial charge is 0.508 e. The summed E-state index contributed by atoms with van der Waals surface area (Å²) in [5, 5.41) is 9.24. The predicted molar refractivity (Wildman–Crippen MR) is 122 cm³/mol. The van der Waals surface area contributed by atoms with Crippen molar-refractivity contribution < 1.29 is 14.6 Å². The number of carbonyl (C=O) groups excluding carboxylic acids is 1. The molecule has 0 saturated heterocycles. The second-order valence-electron chi connectivity index (χ2n) is 8.23. The number of esters is 1. The summed E-state index contributed by atoms with van der Waals surface area (Å²) >= 11 is 0. The van der Waals surface area contributed by atoms with Gasteiger partial charge in [-0.15, -0.1) is 0 Å². The van der Waals surface area contributed by atoms with Crippen molar-refractivity contribution in [2.45, 2.75) is 116 Å². The lowest BCUT2D eigenvalue weighted by Gasteiger charge is -2.05. The Bertz CT molecular complexity index is 495. The number of aromatic hydroxyl groups is 1. The first-order valence-electron chi connectivity index (χ1n) is 12.0. The van der Waals surface area contributed by atoms with Crippen LogP contribution < -0.4 is 0 Å². The minimum atomic E-state index is -0.140. The van der Waals surface area contributed by atoms with Crippen LogP contribution in [-0.2, 0) is 16.0 Å². The number of benzene rings is 1. The van der Waals surface area contributed by atoms with Crippen LogP contribution in [0, 0.1) is 6.61 Å². The molecule has 29 heavy (non-hydrogen) atoms. The minimum absolute atomic E-state index is 0.140. The van der Waals surface area contributed by atoms with E-state index >= 15 is 0 Å². The zero-order valence-corrected chi connectivity index (χ0v) is 18.7. The van der Waals surface area contributed by atoms with Gasteiger partial charge in [-0.1, -0.05) is 109 Å². The summed E-state index contributed by atoms with van der Waals surface area (Å²) in [4.78, 5) is 11.7. The summed E-state index contributed by atoms with van der Waals surface area (Å²) < 4.78 is 5.17. The fourth-order valence-corrected chi connectivity index (χ4v) is 3.56. The summed E-state index contributed by atoms with van der Waals surface area (Å²) in [6.45, 7) is 3.83. The smallest absolute Gasteiger partial charge is 0.306 e. The van der Waals surface area contributed by atoms with Gasteiger partial charge in [0.1, 0.15) is 12.4 Å². The molecule has 0 saturated carbocycles. The first kappa shape index (κ1) is 25.5. The summed E-state index contributed by atoms with van der Waals surface area (Å²) in [6, 6.07) is 6.93. The summed E-state index contributed by atoms with van der Waals surface area (Å²) in [7, 11) is 0. The van der Waals surface area contributed by atoms with E-state index in [2.05, 4.69) is 6.92 Å². The zero-order valence-electron chi connectivity index (χ0n) is 18.7. The molecule has 0 aliphatic heterocycles. The van der Waals surface area contributed by atoms with Crippen LogP contribution in [0.3, 0.4) is 0 Å². The molecule has 1 radical (unpaired) electrons. The van der Waals surface area contributed by atoms with Gasteiger partial charge < -0.3 is 9.84 Å². The molecule has 0 aliphatic carbocycles. The molecule has 0 aromatic heterocycles. The van der Waals surface area contributed by atoms with Gasteiger partial charge in [-0.05, 0) is 24.1 Å². The number of rotatable bonds is 19. The molecule has 165 valence electrons. The van der Waals surface area contributed by atoms with Gasteiger partial charge >= 0.3 is 5.97 Å². The topological polar surface area (TPSA) is 46.5 Å². The lowest BCUT2D eigenvalue weighted by atomic mass is 10.0. The quantitative estimate of drug-likeness (QED) is 0.189. The number of unbranched alkanes of at least 4 members (excludes halogenated alkanes) is 14. The van der Waals surface area contributed by atoms with Crippen molar-refractivity contribution >= 4 is 5.97 Å². The highest BCUT2D eigenvalue weighted by atomic mass is 16.5. The average molecular weight is 404 g/mol. The Morgan fingerprint density at radius 1 is 0.759 bits per heavy atom. The Labute approximate surface area is 179 Å². The summed E-state index contributed by atoms with van der Waals surface area (Å²) in [6.07, 6.45) is 21.0. The van der Waals surface area contributed by atoms with E-state index < -0.39 is 0 Å². The van der Waals surface area contributed by atoms with E-state index in [1.165, 1.54) is 83.5 Å². The normalized spacial score (nSPS) is 10.9. The average Bonchev–Trinajstić information content (AvgIpc) is 2.72. The molecule has 0 atom stereocenters. The van der Waals surface area contributed by atoms with Gasteiger partial charge in [-0.3, -0.25) is 4.79 Å². The highest BCUT2D eigenvalue weighted by Crippen LogP contribution is 2.14. The molecule has 1 aromatic rings. The molecular formula is C26H43O3. The fraction of sp³-hybridized carbons (Fsp3) is 0.692. The van der Waals surface area contributed by atoms with Crippen LogP contribution in [0.15, 0.2) is 24.3 Å². The first-order chi connectivity index (χ1) is 14.2. The third-order valence-corrected chi connectivity index (χ3v) is 5.45. The molecule has 3 heteroatoms. The molecular weight excluding hydrogens is 360 g/mol. The molecule has 1 aromatic carbocycles. The third kappa shape index (κ3) is 16.0. The SMILES string of the molecule is CCCCCCCCCCCCCCCCCC(=O)O[CH]Cc1ccc(O)cc1. The maximum absolute atomic E-state index is 11.7. The molecule has 0 bridgehead atoms. The van der Waals surface area contributed by atoms with Crippen LogP contribution >= 0.6 is 0 Å². The molecule has 0 amide bonds. The van der Waals surface area contributed by atoms with Crippen LogP contribution in [0.4, 0.5) is 0 Å². The van der Waals surface area contributed by atoms with Gasteiger partial charge in [0.15, 0.2) is 0 Å². The maximum atomic E-state index is 11.7. The Kier molecular flexibility index (Phi) is 16.3. The number of hydrogen-bond donors (Lipinski definition) is 1. The van der Waals surface area contributed by atoms with Gasteiger partial charge in [0.2, 0.25) is 0 Å². The summed E-state index contributed by atoms with van der Waals surface area (Å²) in [5.74, 6) is 0.109. The van der Waals surface area contributed by atoms with Crippen LogP contribution in [0.1, 0.15) is 115 Å². The number of carbonyl (C=O) groups is 1. The second-order valence-corrected chi connectivity index (χ2v) is 8.23. The standard InChI is InChI=1S/C26H43O3/c1-2-3-4-5-6-7-8-9-10-11-12-13-14-15-16-17-26(28)29-23-22-24-18-20-25(27)21-19-24/h18-21,23,27H,2-17,22H2,1H3. The lowest BCUT2D eigenvalue weighted by Crippen LogP contribution is -2.03.